The number of hydrogen-bond donors (Lipinski definition) is 2. The van der Waals surface area contributed by atoms with Gasteiger partial charge in [0.25, 0.3) is 5.91 Å². The van der Waals surface area contributed by atoms with Crippen molar-refractivity contribution in [3.63, 3.8) is 0 Å². The Hall–Kier alpha value is -3.28. The molecule has 2 aromatic carbocycles. The second-order valence-corrected chi connectivity index (χ2v) is 9.27. The minimum absolute atomic E-state index is 0.0830. The van der Waals surface area contributed by atoms with E-state index in [2.05, 4.69) is 5.32 Å². The summed E-state index contributed by atoms with van der Waals surface area (Å²) in [7, 11) is 0. The first-order valence-corrected chi connectivity index (χ1v) is 12.2. The quantitative estimate of drug-likeness (QED) is 0.628. The lowest BCUT2D eigenvalue weighted by molar-refractivity contribution is 0.0814. The molecule has 2 N–H and O–H groups in total. The zero-order valence-electron chi connectivity index (χ0n) is 20.5. The SMILES string of the molecule is CCNC(=O)c1ccc(C(=C2CC3CCC(C2)N3C(=O)OCC)c2cc(C)c(O)c(C)c2)cc1. The number of aromatic hydroxyl groups is 1. The Morgan fingerprint density at radius 1 is 0.971 bits per heavy atom. The van der Waals surface area contributed by atoms with E-state index in [9.17, 15) is 14.7 Å². The maximum absolute atomic E-state index is 12.6. The molecule has 2 amide bonds. The first-order valence-electron chi connectivity index (χ1n) is 12.2. The Morgan fingerprint density at radius 3 is 2.06 bits per heavy atom. The third-order valence-electron chi connectivity index (χ3n) is 6.97. The molecule has 34 heavy (non-hydrogen) atoms. The third-order valence-corrected chi connectivity index (χ3v) is 6.97. The van der Waals surface area contributed by atoms with Crippen molar-refractivity contribution in [2.45, 2.75) is 65.5 Å². The predicted octanol–water partition coefficient (Wildman–Crippen LogP) is 5.34. The highest BCUT2D eigenvalue weighted by Crippen LogP contribution is 2.44. The lowest BCUT2D eigenvalue weighted by Crippen LogP contribution is -2.45. The van der Waals surface area contributed by atoms with Crippen LogP contribution in [0.25, 0.3) is 5.57 Å². The van der Waals surface area contributed by atoms with Crippen LogP contribution >= 0.6 is 0 Å². The van der Waals surface area contributed by atoms with Crippen LogP contribution in [0.1, 0.15) is 72.1 Å². The number of benzene rings is 2. The van der Waals surface area contributed by atoms with Crippen LogP contribution in [0.4, 0.5) is 4.79 Å². The molecule has 2 bridgehead atoms. The maximum atomic E-state index is 12.6. The number of hydrogen-bond acceptors (Lipinski definition) is 4. The molecule has 2 heterocycles. The molecule has 4 rings (SSSR count). The highest BCUT2D eigenvalue weighted by atomic mass is 16.6. The Morgan fingerprint density at radius 2 is 1.53 bits per heavy atom. The van der Waals surface area contributed by atoms with Crippen LogP contribution in [0.15, 0.2) is 42.0 Å². The Balaban J connectivity index is 1.78. The summed E-state index contributed by atoms with van der Waals surface area (Å²) in [4.78, 5) is 26.8. The summed E-state index contributed by atoms with van der Waals surface area (Å²) in [6.07, 6.45) is 3.33. The van der Waals surface area contributed by atoms with Crippen LogP contribution in [0.5, 0.6) is 5.75 Å². The van der Waals surface area contributed by atoms with Gasteiger partial charge >= 0.3 is 6.09 Å². The van der Waals surface area contributed by atoms with Gasteiger partial charge in [0.15, 0.2) is 0 Å². The molecular weight excluding hydrogens is 428 g/mol. The van der Waals surface area contributed by atoms with E-state index in [0.717, 1.165) is 53.5 Å². The first kappa shape index (κ1) is 23.9. The van der Waals surface area contributed by atoms with E-state index >= 15 is 0 Å². The molecule has 2 unspecified atom stereocenters. The second-order valence-electron chi connectivity index (χ2n) is 9.27. The van der Waals surface area contributed by atoms with Crippen LogP contribution in [0, 0.1) is 13.8 Å². The molecule has 0 aromatic heterocycles. The number of nitrogens with zero attached hydrogens (tertiary/aromatic N) is 1. The van der Waals surface area contributed by atoms with E-state index < -0.39 is 0 Å². The van der Waals surface area contributed by atoms with E-state index in [0.29, 0.717) is 24.5 Å². The van der Waals surface area contributed by atoms with Crippen LogP contribution in [0.2, 0.25) is 0 Å². The zero-order chi connectivity index (χ0) is 24.4. The lowest BCUT2D eigenvalue weighted by Gasteiger charge is -2.36. The van der Waals surface area contributed by atoms with Gasteiger partial charge in [0, 0.05) is 24.2 Å². The van der Waals surface area contributed by atoms with Crippen molar-refractivity contribution >= 4 is 17.6 Å². The van der Waals surface area contributed by atoms with Crippen molar-refractivity contribution in [1.29, 1.82) is 0 Å². The average molecular weight is 463 g/mol. The maximum Gasteiger partial charge on any atom is 0.410 e. The fourth-order valence-electron chi connectivity index (χ4n) is 5.44. The van der Waals surface area contributed by atoms with Gasteiger partial charge in [0.2, 0.25) is 0 Å². The predicted molar refractivity (Wildman–Crippen MR) is 133 cm³/mol. The number of phenolic OH excluding ortho intramolecular Hbond substituents is 1. The van der Waals surface area contributed by atoms with Crippen molar-refractivity contribution < 1.29 is 19.4 Å². The Bertz CT molecular complexity index is 1080. The molecule has 6 nitrogen and oxygen atoms in total. The highest BCUT2D eigenvalue weighted by Gasteiger charge is 2.43. The molecule has 2 aromatic rings. The summed E-state index contributed by atoms with van der Waals surface area (Å²) < 4.78 is 5.33. The largest absolute Gasteiger partial charge is 0.507 e. The molecule has 0 aliphatic carbocycles. The lowest BCUT2D eigenvalue weighted by atomic mass is 9.84. The van der Waals surface area contributed by atoms with Gasteiger partial charge in [-0.05, 0) is 105 Å². The van der Waals surface area contributed by atoms with Crippen molar-refractivity contribution in [2.75, 3.05) is 13.2 Å². The first-order chi connectivity index (χ1) is 16.3. The van der Waals surface area contributed by atoms with Gasteiger partial charge in [-0.15, -0.1) is 0 Å². The number of carbonyl (C=O) groups is 2. The van der Waals surface area contributed by atoms with Gasteiger partial charge < -0.3 is 20.1 Å². The van der Waals surface area contributed by atoms with Crippen LogP contribution in [0.3, 0.4) is 0 Å². The van der Waals surface area contributed by atoms with Crippen molar-refractivity contribution in [2.24, 2.45) is 0 Å². The molecule has 2 aliphatic rings. The number of amides is 2. The van der Waals surface area contributed by atoms with Gasteiger partial charge in [-0.1, -0.05) is 17.7 Å². The number of carbonyl (C=O) groups excluding carboxylic acids is 2. The van der Waals surface area contributed by atoms with E-state index in [-0.39, 0.29) is 24.1 Å². The molecular formula is C28H34N2O4. The number of ether oxygens (including phenoxy) is 1. The van der Waals surface area contributed by atoms with Gasteiger partial charge in [-0.25, -0.2) is 4.79 Å². The number of aryl methyl sites for hydroxylation is 2. The second kappa shape index (κ2) is 9.92. The normalized spacial score (nSPS) is 19.2. The van der Waals surface area contributed by atoms with Crippen LogP contribution in [-0.4, -0.2) is 47.2 Å². The fraction of sp³-hybridized carbons (Fsp3) is 0.429. The summed E-state index contributed by atoms with van der Waals surface area (Å²) in [5.74, 6) is 0.234. The van der Waals surface area contributed by atoms with Gasteiger partial charge in [-0.2, -0.15) is 0 Å². The van der Waals surface area contributed by atoms with E-state index in [4.69, 9.17) is 4.74 Å². The molecule has 2 aliphatic heterocycles. The molecule has 180 valence electrons. The highest BCUT2D eigenvalue weighted by molar-refractivity contribution is 5.95. The number of piperidine rings is 1. The van der Waals surface area contributed by atoms with E-state index in [1.54, 1.807) is 0 Å². The molecule has 6 heteroatoms. The molecule has 0 spiro atoms. The van der Waals surface area contributed by atoms with Crippen molar-refractivity contribution in [3.05, 3.63) is 69.8 Å². The van der Waals surface area contributed by atoms with Crippen LogP contribution in [-0.2, 0) is 4.74 Å². The van der Waals surface area contributed by atoms with E-state index in [1.165, 1.54) is 5.57 Å². The molecule has 2 saturated heterocycles. The number of rotatable bonds is 5. The topological polar surface area (TPSA) is 78.9 Å². The van der Waals surface area contributed by atoms with Gasteiger partial charge in [-0.3, -0.25) is 4.79 Å². The molecule has 0 radical (unpaired) electrons. The monoisotopic (exact) mass is 462 g/mol. The summed E-state index contributed by atoms with van der Waals surface area (Å²) in [6.45, 7) is 8.54. The third kappa shape index (κ3) is 4.54. The summed E-state index contributed by atoms with van der Waals surface area (Å²) >= 11 is 0. The van der Waals surface area contributed by atoms with Crippen molar-refractivity contribution in [1.82, 2.24) is 10.2 Å². The molecule has 0 saturated carbocycles. The standard InChI is InChI=1S/C28H34N2O4/c1-5-29-27(32)20-9-7-19(8-10-20)25(21-13-17(3)26(31)18(4)14-21)22-15-23-11-12-24(16-22)30(23)28(33)34-6-2/h7-10,13-14,23-24,31H,5-6,11-12,15-16H2,1-4H3,(H,29,32). The molecule has 2 fully saturated rings. The number of nitrogens with one attached hydrogen (secondary N) is 1. The average Bonchev–Trinajstić information content (AvgIpc) is 3.08. The van der Waals surface area contributed by atoms with Gasteiger partial charge in [0.05, 0.1) is 6.61 Å². The number of fused-ring (bicyclic) bond motifs is 2. The van der Waals surface area contributed by atoms with Gasteiger partial charge in [0.1, 0.15) is 5.75 Å². The summed E-state index contributed by atoms with van der Waals surface area (Å²) in [5.41, 5.74) is 6.83. The summed E-state index contributed by atoms with van der Waals surface area (Å²) in [5, 5.41) is 13.2. The fourth-order valence-corrected chi connectivity index (χ4v) is 5.44. The molecule has 2 atom stereocenters. The Labute approximate surface area is 201 Å². The minimum atomic E-state index is -0.210. The number of phenols is 1. The van der Waals surface area contributed by atoms with Crippen molar-refractivity contribution in [3.8, 4) is 5.75 Å². The van der Waals surface area contributed by atoms with E-state index in [1.807, 2.05) is 69.0 Å². The zero-order valence-corrected chi connectivity index (χ0v) is 20.5. The minimum Gasteiger partial charge on any atom is -0.507 e. The smallest absolute Gasteiger partial charge is 0.410 e. The Kier molecular flexibility index (Phi) is 6.96. The summed E-state index contributed by atoms with van der Waals surface area (Å²) in [6, 6.07) is 12.1. The van der Waals surface area contributed by atoms with Crippen LogP contribution < -0.4 is 5.32 Å².